The summed E-state index contributed by atoms with van der Waals surface area (Å²) in [6, 6.07) is 11.5. The van der Waals surface area contributed by atoms with Crippen molar-refractivity contribution in [2.45, 2.75) is 4.90 Å². The van der Waals surface area contributed by atoms with Gasteiger partial charge in [-0.3, -0.25) is 14.2 Å². The smallest absolute Gasteiger partial charge is 0.234 e. The van der Waals surface area contributed by atoms with Gasteiger partial charge in [-0.1, -0.05) is 18.2 Å². The van der Waals surface area contributed by atoms with Gasteiger partial charge in [0, 0.05) is 40.6 Å². The summed E-state index contributed by atoms with van der Waals surface area (Å²) in [5.41, 5.74) is 2.54. The first-order valence-electron chi connectivity index (χ1n) is 7.64. The summed E-state index contributed by atoms with van der Waals surface area (Å²) in [4.78, 5) is 22.9. The number of hydrogen-bond acceptors (Lipinski definition) is 5. The number of amides is 1. The van der Waals surface area contributed by atoms with Crippen molar-refractivity contribution in [2.75, 3.05) is 11.1 Å². The van der Waals surface area contributed by atoms with Gasteiger partial charge in [-0.15, -0.1) is 23.1 Å². The molecule has 0 unspecified atom stereocenters. The Kier molecular flexibility index (Phi) is 4.49. The minimum absolute atomic E-state index is 0.0460. The Labute approximate surface area is 152 Å². The molecule has 3 aromatic heterocycles. The third-order valence-corrected chi connectivity index (χ3v) is 5.37. The van der Waals surface area contributed by atoms with Crippen LogP contribution in [0.3, 0.4) is 0 Å². The number of carbonyl (C=O) groups is 1. The van der Waals surface area contributed by atoms with Crippen LogP contribution in [0.1, 0.15) is 0 Å². The third kappa shape index (κ3) is 3.57. The topological polar surface area (TPSA) is 59.3 Å². The number of anilines is 1. The normalized spacial score (nSPS) is 10.9. The van der Waals surface area contributed by atoms with E-state index in [4.69, 9.17) is 0 Å². The molecule has 7 heteroatoms. The fourth-order valence-electron chi connectivity index (χ4n) is 2.44. The SMILES string of the molecule is O=C(CSc1ccncc1)Nc1ccccc1-c1cn2ccsc2n1. The number of nitrogens with zero attached hydrogens (tertiary/aromatic N) is 3. The molecule has 0 aliphatic carbocycles. The van der Waals surface area contributed by atoms with Crippen LogP contribution in [0.15, 0.2) is 71.5 Å². The van der Waals surface area contributed by atoms with Crippen molar-refractivity contribution < 1.29 is 4.79 Å². The van der Waals surface area contributed by atoms with E-state index in [9.17, 15) is 4.79 Å². The Balaban J connectivity index is 1.51. The number of hydrogen-bond donors (Lipinski definition) is 1. The van der Waals surface area contributed by atoms with Crippen molar-refractivity contribution in [3.05, 3.63) is 66.6 Å². The average Bonchev–Trinajstić information content (AvgIpc) is 3.23. The van der Waals surface area contributed by atoms with E-state index >= 15 is 0 Å². The van der Waals surface area contributed by atoms with Gasteiger partial charge >= 0.3 is 0 Å². The molecule has 1 amide bonds. The molecule has 0 spiro atoms. The van der Waals surface area contributed by atoms with Crippen molar-refractivity contribution in [3.8, 4) is 11.3 Å². The zero-order valence-corrected chi connectivity index (χ0v) is 14.8. The van der Waals surface area contributed by atoms with E-state index in [1.54, 1.807) is 23.7 Å². The van der Waals surface area contributed by atoms with Crippen LogP contribution in [0.5, 0.6) is 0 Å². The molecule has 0 bridgehead atoms. The highest BCUT2D eigenvalue weighted by atomic mass is 32.2. The molecule has 0 saturated carbocycles. The maximum absolute atomic E-state index is 12.3. The molecule has 1 aromatic carbocycles. The molecule has 1 N–H and O–H groups in total. The standard InChI is InChI=1S/C18H14N4OS2/c23-17(12-25-13-5-7-19-8-6-13)20-15-4-2-1-3-14(15)16-11-22-9-10-24-18(22)21-16/h1-11H,12H2,(H,20,23). The van der Waals surface area contributed by atoms with Crippen molar-refractivity contribution in [1.29, 1.82) is 0 Å². The fourth-order valence-corrected chi connectivity index (χ4v) is 3.83. The lowest BCUT2D eigenvalue weighted by Gasteiger charge is -2.09. The molecular formula is C18H14N4OS2. The third-order valence-electron chi connectivity index (χ3n) is 3.59. The largest absolute Gasteiger partial charge is 0.325 e. The van der Waals surface area contributed by atoms with Crippen LogP contribution in [-0.2, 0) is 4.79 Å². The predicted molar refractivity (Wildman–Crippen MR) is 102 cm³/mol. The van der Waals surface area contributed by atoms with Crippen LogP contribution >= 0.6 is 23.1 Å². The quantitative estimate of drug-likeness (QED) is 0.538. The van der Waals surface area contributed by atoms with Gasteiger partial charge in [0.2, 0.25) is 5.91 Å². The lowest BCUT2D eigenvalue weighted by atomic mass is 10.1. The first-order chi connectivity index (χ1) is 12.3. The van der Waals surface area contributed by atoms with Gasteiger partial charge in [0.25, 0.3) is 0 Å². The Morgan fingerprint density at radius 1 is 1.20 bits per heavy atom. The molecule has 124 valence electrons. The van der Waals surface area contributed by atoms with Gasteiger partial charge in [0.1, 0.15) is 0 Å². The van der Waals surface area contributed by atoms with Gasteiger partial charge in [-0.25, -0.2) is 4.98 Å². The van der Waals surface area contributed by atoms with Crippen LogP contribution < -0.4 is 5.32 Å². The highest BCUT2D eigenvalue weighted by Gasteiger charge is 2.12. The summed E-state index contributed by atoms with van der Waals surface area (Å²) in [6.45, 7) is 0. The Morgan fingerprint density at radius 2 is 2.04 bits per heavy atom. The second-order valence-electron chi connectivity index (χ2n) is 5.28. The Bertz CT molecular complexity index is 982. The van der Waals surface area contributed by atoms with Crippen LogP contribution in [0.4, 0.5) is 5.69 Å². The maximum atomic E-state index is 12.3. The number of nitrogens with one attached hydrogen (secondary N) is 1. The van der Waals surface area contributed by atoms with Crippen LogP contribution in [0, 0.1) is 0 Å². The van der Waals surface area contributed by atoms with Gasteiger partial charge in [0.05, 0.1) is 17.1 Å². The molecule has 0 aliphatic heterocycles. The Hall–Kier alpha value is -2.64. The van der Waals surface area contributed by atoms with Crippen LogP contribution in [0.2, 0.25) is 0 Å². The molecule has 0 aliphatic rings. The number of para-hydroxylation sites is 1. The van der Waals surface area contributed by atoms with Gasteiger partial charge < -0.3 is 5.32 Å². The molecule has 5 nitrogen and oxygen atoms in total. The van der Waals surface area contributed by atoms with Crippen LogP contribution in [-0.4, -0.2) is 26.0 Å². The van der Waals surface area contributed by atoms with E-state index in [0.717, 1.165) is 26.8 Å². The minimum Gasteiger partial charge on any atom is -0.325 e. The summed E-state index contributed by atoms with van der Waals surface area (Å²) in [5.74, 6) is 0.298. The monoisotopic (exact) mass is 366 g/mol. The number of aromatic nitrogens is 3. The zero-order chi connectivity index (χ0) is 17.1. The lowest BCUT2D eigenvalue weighted by Crippen LogP contribution is -2.14. The van der Waals surface area contributed by atoms with Crippen molar-refractivity contribution in [2.24, 2.45) is 0 Å². The summed E-state index contributed by atoms with van der Waals surface area (Å²) < 4.78 is 1.98. The molecule has 3 heterocycles. The van der Waals surface area contributed by atoms with E-state index in [2.05, 4.69) is 15.3 Å². The van der Waals surface area contributed by atoms with Gasteiger partial charge in [-0.05, 0) is 18.2 Å². The van der Waals surface area contributed by atoms with E-state index in [1.165, 1.54) is 11.8 Å². The first kappa shape index (κ1) is 15.9. The van der Waals surface area contributed by atoms with Crippen molar-refractivity contribution in [3.63, 3.8) is 0 Å². The number of thiazole rings is 1. The predicted octanol–water partition coefficient (Wildman–Crippen LogP) is 4.19. The van der Waals surface area contributed by atoms with E-state index in [-0.39, 0.29) is 5.91 Å². The second-order valence-corrected chi connectivity index (χ2v) is 7.21. The molecule has 25 heavy (non-hydrogen) atoms. The number of carbonyl (C=O) groups excluding carboxylic acids is 1. The van der Waals surface area contributed by atoms with Crippen molar-refractivity contribution >= 4 is 39.7 Å². The molecule has 0 radical (unpaired) electrons. The lowest BCUT2D eigenvalue weighted by molar-refractivity contribution is -0.113. The highest BCUT2D eigenvalue weighted by molar-refractivity contribution is 8.00. The summed E-state index contributed by atoms with van der Waals surface area (Å²) in [5, 5.41) is 4.99. The molecule has 4 rings (SSSR count). The zero-order valence-electron chi connectivity index (χ0n) is 13.1. The average molecular weight is 366 g/mol. The summed E-state index contributed by atoms with van der Waals surface area (Å²) >= 11 is 3.07. The van der Waals surface area contributed by atoms with Crippen LogP contribution in [0.25, 0.3) is 16.2 Å². The minimum atomic E-state index is -0.0460. The number of rotatable bonds is 5. The number of thioether (sulfide) groups is 1. The molecule has 0 atom stereocenters. The molecule has 0 saturated heterocycles. The summed E-state index contributed by atoms with van der Waals surface area (Å²) in [6.07, 6.45) is 7.39. The number of benzene rings is 1. The Morgan fingerprint density at radius 3 is 2.88 bits per heavy atom. The van der Waals surface area contributed by atoms with Gasteiger partial charge in [-0.2, -0.15) is 0 Å². The molecular weight excluding hydrogens is 352 g/mol. The van der Waals surface area contributed by atoms with Gasteiger partial charge in [0.15, 0.2) is 4.96 Å². The van der Waals surface area contributed by atoms with Crippen molar-refractivity contribution in [1.82, 2.24) is 14.4 Å². The summed E-state index contributed by atoms with van der Waals surface area (Å²) in [7, 11) is 0. The maximum Gasteiger partial charge on any atom is 0.234 e. The van der Waals surface area contributed by atoms with E-state index in [0.29, 0.717) is 5.75 Å². The highest BCUT2D eigenvalue weighted by Crippen LogP contribution is 2.28. The van der Waals surface area contributed by atoms with E-state index in [1.807, 2.05) is 58.6 Å². The molecule has 4 aromatic rings. The number of imidazole rings is 1. The second kappa shape index (κ2) is 7.08. The number of fused-ring (bicyclic) bond motifs is 1. The number of pyridine rings is 1. The molecule has 0 fully saturated rings. The van der Waals surface area contributed by atoms with E-state index < -0.39 is 0 Å². The first-order valence-corrected chi connectivity index (χ1v) is 9.50. The fraction of sp³-hybridized carbons (Fsp3) is 0.0556.